The van der Waals surface area contributed by atoms with Gasteiger partial charge >= 0.3 is 0 Å². The number of para-hydroxylation sites is 1. The van der Waals surface area contributed by atoms with Crippen LogP contribution in [0, 0.1) is 0 Å². The van der Waals surface area contributed by atoms with Gasteiger partial charge in [-0.25, -0.2) is 4.98 Å². The second-order valence-electron chi connectivity index (χ2n) is 5.21. The van der Waals surface area contributed by atoms with E-state index in [4.69, 9.17) is 0 Å². The van der Waals surface area contributed by atoms with Crippen molar-refractivity contribution in [2.75, 3.05) is 13.1 Å². The van der Waals surface area contributed by atoms with E-state index in [0.717, 1.165) is 29.9 Å². The Balaban J connectivity index is 1.59. The van der Waals surface area contributed by atoms with Gasteiger partial charge in [0.15, 0.2) is 0 Å². The number of fused-ring (bicyclic) bond motifs is 1. The maximum Gasteiger partial charge on any atom is 0.223 e. The lowest BCUT2D eigenvalue weighted by atomic mass is 10.1. The van der Waals surface area contributed by atoms with Gasteiger partial charge in [0.1, 0.15) is 0 Å². The molecule has 1 atom stereocenters. The number of β-amino-alcohol motifs (C(OH)–C–C–N with tert-alkyl or cyclic N) is 1. The summed E-state index contributed by atoms with van der Waals surface area (Å²) in [5, 5.41) is 10.6. The summed E-state index contributed by atoms with van der Waals surface area (Å²) in [6.45, 7) is 1.26. The first-order chi connectivity index (χ1) is 9.72. The van der Waals surface area contributed by atoms with Crippen LogP contribution in [0.25, 0.3) is 10.2 Å². The minimum atomic E-state index is -0.352. The molecular weight excluding hydrogens is 272 g/mol. The molecule has 1 aromatic heterocycles. The zero-order valence-electron chi connectivity index (χ0n) is 11.3. The summed E-state index contributed by atoms with van der Waals surface area (Å²) in [6.07, 6.45) is 2.52. The van der Waals surface area contributed by atoms with Gasteiger partial charge in [-0.2, -0.15) is 0 Å². The summed E-state index contributed by atoms with van der Waals surface area (Å²) in [6, 6.07) is 8.04. The lowest BCUT2D eigenvalue weighted by Crippen LogP contribution is -2.42. The Morgan fingerprint density at radius 2 is 2.30 bits per heavy atom. The third kappa shape index (κ3) is 2.99. The molecule has 1 aliphatic heterocycles. The van der Waals surface area contributed by atoms with Crippen molar-refractivity contribution in [2.45, 2.75) is 31.8 Å². The number of aliphatic hydroxyl groups is 1. The van der Waals surface area contributed by atoms with Crippen molar-refractivity contribution >= 4 is 27.5 Å². The highest BCUT2D eigenvalue weighted by Gasteiger charge is 2.21. The van der Waals surface area contributed by atoms with Gasteiger partial charge in [0.05, 0.1) is 21.3 Å². The highest BCUT2D eigenvalue weighted by molar-refractivity contribution is 7.18. The van der Waals surface area contributed by atoms with E-state index in [1.165, 1.54) is 4.70 Å². The Bertz CT molecular complexity index is 578. The molecule has 2 aromatic rings. The predicted molar refractivity (Wildman–Crippen MR) is 79.8 cm³/mol. The molecule has 106 valence electrons. The van der Waals surface area contributed by atoms with Crippen LogP contribution in [-0.4, -0.2) is 40.1 Å². The number of thiazole rings is 1. The largest absolute Gasteiger partial charge is 0.391 e. The number of hydrogen-bond donors (Lipinski definition) is 1. The number of carbonyl (C=O) groups is 1. The fraction of sp³-hybridized carbons (Fsp3) is 0.467. The van der Waals surface area contributed by atoms with E-state index in [9.17, 15) is 9.90 Å². The van der Waals surface area contributed by atoms with E-state index < -0.39 is 0 Å². The number of aromatic nitrogens is 1. The van der Waals surface area contributed by atoms with E-state index in [-0.39, 0.29) is 12.0 Å². The Morgan fingerprint density at radius 1 is 1.45 bits per heavy atom. The second kappa shape index (κ2) is 5.89. The van der Waals surface area contributed by atoms with Gasteiger partial charge in [-0.15, -0.1) is 11.3 Å². The number of rotatable bonds is 3. The number of hydrogen-bond acceptors (Lipinski definition) is 4. The van der Waals surface area contributed by atoms with Crippen molar-refractivity contribution in [3.05, 3.63) is 29.3 Å². The smallest absolute Gasteiger partial charge is 0.223 e. The molecule has 2 heterocycles. The predicted octanol–water partition coefficient (Wildman–Crippen LogP) is 2.21. The summed E-state index contributed by atoms with van der Waals surface area (Å²) in [5.74, 6) is 0.128. The Morgan fingerprint density at radius 3 is 3.10 bits per heavy atom. The average molecular weight is 290 g/mol. The molecule has 1 N–H and O–H groups in total. The number of nitrogens with zero attached hydrogens (tertiary/aromatic N) is 2. The van der Waals surface area contributed by atoms with Crippen molar-refractivity contribution in [1.29, 1.82) is 0 Å². The average Bonchev–Trinajstić information content (AvgIpc) is 2.87. The van der Waals surface area contributed by atoms with Crippen LogP contribution >= 0.6 is 11.3 Å². The number of aryl methyl sites for hydroxylation is 1. The van der Waals surface area contributed by atoms with Gasteiger partial charge in [0, 0.05) is 25.9 Å². The third-order valence-corrected chi connectivity index (χ3v) is 4.74. The molecule has 3 rings (SSSR count). The van der Waals surface area contributed by atoms with Gasteiger partial charge < -0.3 is 10.0 Å². The van der Waals surface area contributed by atoms with E-state index in [0.29, 0.717) is 19.4 Å². The van der Waals surface area contributed by atoms with Crippen LogP contribution in [0.3, 0.4) is 0 Å². The standard InChI is InChI=1S/C15H18N2O2S/c18-11-4-3-9-17(10-11)15(19)8-7-14-16-12-5-1-2-6-13(12)20-14/h1-2,5-6,11,18H,3-4,7-10H2/t11-/m0/s1. The summed E-state index contributed by atoms with van der Waals surface area (Å²) < 4.78 is 1.17. The quantitative estimate of drug-likeness (QED) is 0.943. The van der Waals surface area contributed by atoms with Crippen molar-refractivity contribution < 1.29 is 9.90 Å². The molecule has 0 spiro atoms. The van der Waals surface area contributed by atoms with Crippen molar-refractivity contribution in [3.8, 4) is 0 Å². The molecule has 5 heteroatoms. The molecule has 1 saturated heterocycles. The van der Waals surface area contributed by atoms with E-state index in [1.807, 2.05) is 18.2 Å². The zero-order valence-corrected chi connectivity index (χ0v) is 12.1. The molecule has 0 radical (unpaired) electrons. The summed E-state index contributed by atoms with van der Waals surface area (Å²) in [7, 11) is 0. The fourth-order valence-corrected chi connectivity index (χ4v) is 3.55. The molecule has 4 nitrogen and oxygen atoms in total. The zero-order chi connectivity index (χ0) is 13.9. The maximum absolute atomic E-state index is 12.1. The highest BCUT2D eigenvalue weighted by Crippen LogP contribution is 2.22. The number of amides is 1. The molecule has 1 aromatic carbocycles. The van der Waals surface area contributed by atoms with Crippen LogP contribution in [0.1, 0.15) is 24.3 Å². The van der Waals surface area contributed by atoms with Gasteiger partial charge in [0.2, 0.25) is 5.91 Å². The van der Waals surface area contributed by atoms with E-state index >= 15 is 0 Å². The van der Waals surface area contributed by atoms with Crippen molar-refractivity contribution in [1.82, 2.24) is 9.88 Å². The van der Waals surface area contributed by atoms with Crippen molar-refractivity contribution in [2.24, 2.45) is 0 Å². The van der Waals surface area contributed by atoms with E-state index in [1.54, 1.807) is 16.2 Å². The van der Waals surface area contributed by atoms with E-state index in [2.05, 4.69) is 11.1 Å². The first-order valence-corrected chi connectivity index (χ1v) is 7.84. The van der Waals surface area contributed by atoms with Crippen molar-refractivity contribution in [3.63, 3.8) is 0 Å². The number of benzene rings is 1. The van der Waals surface area contributed by atoms with Gasteiger partial charge in [-0.3, -0.25) is 4.79 Å². The molecule has 1 aliphatic rings. The Hall–Kier alpha value is -1.46. The lowest BCUT2D eigenvalue weighted by Gasteiger charge is -2.30. The molecule has 20 heavy (non-hydrogen) atoms. The third-order valence-electron chi connectivity index (χ3n) is 3.64. The minimum absolute atomic E-state index is 0.128. The van der Waals surface area contributed by atoms with Gasteiger partial charge in [-0.05, 0) is 25.0 Å². The fourth-order valence-electron chi connectivity index (χ4n) is 2.58. The molecule has 0 bridgehead atoms. The number of likely N-dealkylation sites (tertiary alicyclic amines) is 1. The maximum atomic E-state index is 12.1. The molecule has 0 aliphatic carbocycles. The van der Waals surface area contributed by atoms with Crippen LogP contribution < -0.4 is 0 Å². The summed E-state index contributed by atoms with van der Waals surface area (Å²) >= 11 is 1.66. The summed E-state index contributed by atoms with van der Waals surface area (Å²) in [5.41, 5.74) is 1.01. The molecule has 0 unspecified atom stereocenters. The first kappa shape index (κ1) is 13.5. The summed E-state index contributed by atoms with van der Waals surface area (Å²) in [4.78, 5) is 18.4. The normalized spacial score (nSPS) is 19.4. The molecule has 1 amide bonds. The van der Waals surface area contributed by atoms with Crippen LogP contribution in [0.4, 0.5) is 0 Å². The molecule has 0 saturated carbocycles. The first-order valence-electron chi connectivity index (χ1n) is 7.02. The second-order valence-corrected chi connectivity index (χ2v) is 6.33. The Kier molecular flexibility index (Phi) is 3.98. The van der Waals surface area contributed by atoms with Crippen LogP contribution in [0.5, 0.6) is 0 Å². The van der Waals surface area contributed by atoms with Crippen LogP contribution in [0.15, 0.2) is 24.3 Å². The number of carbonyl (C=O) groups excluding carboxylic acids is 1. The topological polar surface area (TPSA) is 53.4 Å². The van der Waals surface area contributed by atoms with Crippen LogP contribution in [0.2, 0.25) is 0 Å². The van der Waals surface area contributed by atoms with Gasteiger partial charge in [0.25, 0.3) is 0 Å². The molecule has 1 fully saturated rings. The minimum Gasteiger partial charge on any atom is -0.391 e. The van der Waals surface area contributed by atoms with Crippen LogP contribution in [-0.2, 0) is 11.2 Å². The lowest BCUT2D eigenvalue weighted by molar-refractivity contribution is -0.134. The van der Waals surface area contributed by atoms with Gasteiger partial charge in [-0.1, -0.05) is 12.1 Å². The Labute approximate surface area is 122 Å². The SMILES string of the molecule is O=C(CCc1nc2ccccc2s1)N1CCC[C@H](O)C1. The molecular formula is C15H18N2O2S. The monoisotopic (exact) mass is 290 g/mol. The number of aliphatic hydroxyl groups excluding tert-OH is 1. The highest BCUT2D eigenvalue weighted by atomic mass is 32.1. The number of piperidine rings is 1.